The summed E-state index contributed by atoms with van der Waals surface area (Å²) in [5.74, 6) is 0.115. The van der Waals surface area contributed by atoms with E-state index in [2.05, 4.69) is 12.2 Å². The standard InChI is InChI=1S/C14H21ClN2O2/c1-2-3-10(4-5-18)9-17-14(19)11-6-12(15)8-13(16)7-11/h6-8,10,18H,2-5,9,16H2,1H3,(H,17,19). The summed E-state index contributed by atoms with van der Waals surface area (Å²) in [5, 5.41) is 12.3. The Balaban J connectivity index is 2.58. The van der Waals surface area contributed by atoms with E-state index in [0.29, 0.717) is 35.2 Å². The number of hydrogen-bond acceptors (Lipinski definition) is 3. The maximum Gasteiger partial charge on any atom is 0.251 e. The van der Waals surface area contributed by atoms with Crippen LogP contribution in [0, 0.1) is 5.92 Å². The molecule has 5 heteroatoms. The highest BCUT2D eigenvalue weighted by Gasteiger charge is 2.11. The smallest absolute Gasteiger partial charge is 0.251 e. The molecule has 0 radical (unpaired) electrons. The summed E-state index contributed by atoms with van der Waals surface area (Å²) in [6.45, 7) is 2.79. The number of carbonyl (C=O) groups excluding carboxylic acids is 1. The summed E-state index contributed by atoms with van der Waals surface area (Å²) < 4.78 is 0. The molecule has 106 valence electrons. The van der Waals surface area contributed by atoms with Crippen molar-refractivity contribution in [1.29, 1.82) is 0 Å². The van der Waals surface area contributed by atoms with E-state index in [0.717, 1.165) is 12.8 Å². The zero-order valence-electron chi connectivity index (χ0n) is 11.2. The van der Waals surface area contributed by atoms with Crippen molar-refractivity contribution >= 4 is 23.2 Å². The van der Waals surface area contributed by atoms with Gasteiger partial charge in [-0.1, -0.05) is 24.9 Å². The van der Waals surface area contributed by atoms with Crippen LogP contribution >= 0.6 is 11.6 Å². The molecule has 1 aromatic rings. The molecule has 0 bridgehead atoms. The summed E-state index contributed by atoms with van der Waals surface area (Å²) in [5.41, 5.74) is 6.58. The second kappa shape index (κ2) is 8.02. The minimum absolute atomic E-state index is 0.144. The molecule has 1 rings (SSSR count). The highest BCUT2D eigenvalue weighted by Crippen LogP contribution is 2.17. The van der Waals surface area contributed by atoms with Gasteiger partial charge in [0.1, 0.15) is 0 Å². The van der Waals surface area contributed by atoms with Crippen LogP contribution in [0.5, 0.6) is 0 Å². The van der Waals surface area contributed by atoms with Gasteiger partial charge in [0.05, 0.1) is 0 Å². The fourth-order valence-electron chi connectivity index (χ4n) is 2.02. The predicted molar refractivity (Wildman–Crippen MR) is 78.3 cm³/mol. The molecule has 0 aliphatic heterocycles. The molecule has 0 fully saturated rings. The van der Waals surface area contributed by atoms with Gasteiger partial charge in [0.25, 0.3) is 5.91 Å². The lowest BCUT2D eigenvalue weighted by Crippen LogP contribution is -2.29. The molecule has 0 saturated heterocycles. The van der Waals surface area contributed by atoms with Crippen molar-refractivity contribution in [3.8, 4) is 0 Å². The average Bonchev–Trinajstić information content (AvgIpc) is 2.35. The molecule has 0 aromatic heterocycles. The van der Waals surface area contributed by atoms with Gasteiger partial charge in [0.2, 0.25) is 0 Å². The monoisotopic (exact) mass is 284 g/mol. The fraction of sp³-hybridized carbons (Fsp3) is 0.500. The van der Waals surface area contributed by atoms with Crippen molar-refractivity contribution in [3.63, 3.8) is 0 Å². The van der Waals surface area contributed by atoms with Crippen LogP contribution < -0.4 is 11.1 Å². The number of rotatable bonds is 7. The van der Waals surface area contributed by atoms with E-state index in [1.807, 2.05) is 0 Å². The van der Waals surface area contributed by atoms with Crippen LogP contribution in [0.1, 0.15) is 36.5 Å². The van der Waals surface area contributed by atoms with Crippen LogP contribution in [0.15, 0.2) is 18.2 Å². The summed E-state index contributed by atoms with van der Waals surface area (Å²) in [7, 11) is 0. The third-order valence-electron chi connectivity index (χ3n) is 2.97. The van der Waals surface area contributed by atoms with Crippen LogP contribution in [-0.2, 0) is 0 Å². The van der Waals surface area contributed by atoms with Gasteiger partial charge in [0.15, 0.2) is 0 Å². The van der Waals surface area contributed by atoms with Crippen LogP contribution in [0.4, 0.5) is 5.69 Å². The third-order valence-corrected chi connectivity index (χ3v) is 3.19. The second-order valence-electron chi connectivity index (χ2n) is 4.65. The lowest BCUT2D eigenvalue weighted by atomic mass is 10.00. The van der Waals surface area contributed by atoms with Gasteiger partial charge in [-0.05, 0) is 37.0 Å². The highest BCUT2D eigenvalue weighted by molar-refractivity contribution is 6.31. The van der Waals surface area contributed by atoms with Gasteiger partial charge in [-0.25, -0.2) is 0 Å². The van der Waals surface area contributed by atoms with Gasteiger partial charge in [0, 0.05) is 29.4 Å². The first-order chi connectivity index (χ1) is 9.06. The Morgan fingerprint density at radius 3 is 2.74 bits per heavy atom. The summed E-state index contributed by atoms with van der Waals surface area (Å²) in [4.78, 5) is 12.0. The van der Waals surface area contributed by atoms with Gasteiger partial charge in [-0.2, -0.15) is 0 Å². The number of nitrogens with one attached hydrogen (secondary N) is 1. The van der Waals surface area contributed by atoms with E-state index in [1.54, 1.807) is 18.2 Å². The van der Waals surface area contributed by atoms with Crippen molar-refractivity contribution in [3.05, 3.63) is 28.8 Å². The Hall–Kier alpha value is -1.26. The molecular formula is C14H21ClN2O2. The number of aliphatic hydroxyl groups excluding tert-OH is 1. The number of amides is 1. The highest BCUT2D eigenvalue weighted by atomic mass is 35.5. The molecule has 1 atom stereocenters. The van der Waals surface area contributed by atoms with E-state index in [4.69, 9.17) is 22.4 Å². The van der Waals surface area contributed by atoms with E-state index >= 15 is 0 Å². The second-order valence-corrected chi connectivity index (χ2v) is 5.09. The van der Waals surface area contributed by atoms with E-state index in [-0.39, 0.29) is 12.5 Å². The number of nitrogen functional groups attached to an aromatic ring is 1. The molecule has 0 spiro atoms. The van der Waals surface area contributed by atoms with Gasteiger partial charge in [-0.3, -0.25) is 4.79 Å². The zero-order chi connectivity index (χ0) is 14.3. The Morgan fingerprint density at radius 2 is 2.16 bits per heavy atom. The quantitative estimate of drug-likeness (QED) is 0.673. The van der Waals surface area contributed by atoms with E-state index in [1.165, 1.54) is 0 Å². The number of halogens is 1. The number of benzene rings is 1. The van der Waals surface area contributed by atoms with Crippen molar-refractivity contribution in [1.82, 2.24) is 5.32 Å². The molecule has 1 unspecified atom stereocenters. The Morgan fingerprint density at radius 1 is 1.42 bits per heavy atom. The number of carbonyl (C=O) groups is 1. The molecule has 4 N–H and O–H groups in total. The van der Waals surface area contributed by atoms with Gasteiger partial charge in [-0.15, -0.1) is 0 Å². The Kier molecular flexibility index (Phi) is 6.67. The van der Waals surface area contributed by atoms with Gasteiger partial charge < -0.3 is 16.2 Å². The SMILES string of the molecule is CCCC(CCO)CNC(=O)c1cc(N)cc(Cl)c1. The average molecular weight is 285 g/mol. The molecular weight excluding hydrogens is 264 g/mol. The zero-order valence-corrected chi connectivity index (χ0v) is 11.9. The van der Waals surface area contributed by atoms with Crippen molar-refractivity contribution in [2.75, 3.05) is 18.9 Å². The first-order valence-corrected chi connectivity index (χ1v) is 6.89. The first kappa shape index (κ1) is 15.8. The van der Waals surface area contributed by atoms with Crippen LogP contribution in [0.3, 0.4) is 0 Å². The number of hydrogen-bond donors (Lipinski definition) is 3. The van der Waals surface area contributed by atoms with Gasteiger partial charge >= 0.3 is 0 Å². The predicted octanol–water partition coefficient (Wildman–Crippen LogP) is 2.45. The number of nitrogens with two attached hydrogens (primary N) is 1. The molecule has 0 heterocycles. The lowest BCUT2D eigenvalue weighted by Gasteiger charge is -2.15. The normalized spacial score (nSPS) is 12.2. The van der Waals surface area contributed by atoms with Crippen LogP contribution in [-0.4, -0.2) is 24.2 Å². The van der Waals surface area contributed by atoms with Crippen molar-refractivity contribution in [2.45, 2.75) is 26.2 Å². The molecule has 1 aromatic carbocycles. The van der Waals surface area contributed by atoms with Crippen molar-refractivity contribution < 1.29 is 9.90 Å². The lowest BCUT2D eigenvalue weighted by molar-refractivity contribution is 0.0943. The van der Waals surface area contributed by atoms with Crippen LogP contribution in [0.25, 0.3) is 0 Å². The molecule has 0 saturated carbocycles. The number of aliphatic hydroxyl groups is 1. The third kappa shape index (κ3) is 5.49. The summed E-state index contributed by atoms with van der Waals surface area (Å²) >= 11 is 5.86. The van der Waals surface area contributed by atoms with E-state index in [9.17, 15) is 4.79 Å². The first-order valence-electron chi connectivity index (χ1n) is 6.52. The fourth-order valence-corrected chi connectivity index (χ4v) is 2.27. The maximum absolute atomic E-state index is 12.0. The minimum atomic E-state index is -0.187. The Labute approximate surface area is 118 Å². The molecule has 1 amide bonds. The molecule has 0 aliphatic carbocycles. The topological polar surface area (TPSA) is 75.3 Å². The maximum atomic E-state index is 12.0. The van der Waals surface area contributed by atoms with E-state index < -0.39 is 0 Å². The molecule has 0 aliphatic rings. The van der Waals surface area contributed by atoms with Crippen LogP contribution in [0.2, 0.25) is 5.02 Å². The Bertz CT molecular complexity index is 398. The minimum Gasteiger partial charge on any atom is -0.399 e. The number of anilines is 1. The summed E-state index contributed by atoms with van der Waals surface area (Å²) in [6, 6.07) is 4.79. The van der Waals surface area contributed by atoms with Crippen molar-refractivity contribution in [2.24, 2.45) is 5.92 Å². The summed E-state index contributed by atoms with van der Waals surface area (Å²) in [6.07, 6.45) is 2.72. The molecule has 19 heavy (non-hydrogen) atoms. The molecule has 4 nitrogen and oxygen atoms in total. The largest absolute Gasteiger partial charge is 0.399 e.